The molecule has 0 saturated heterocycles. The van der Waals surface area contributed by atoms with Crippen molar-refractivity contribution in [1.29, 1.82) is 0 Å². The van der Waals surface area contributed by atoms with Crippen molar-refractivity contribution in [1.82, 2.24) is 5.32 Å². The maximum Gasteiger partial charge on any atom is 0.0231 e. The number of hydrogen-bond acceptors (Lipinski definition) is 2. The molecule has 2 aromatic rings. The Bertz CT molecular complexity index is 554. The van der Waals surface area contributed by atoms with Crippen LogP contribution >= 0.6 is 27.7 Å². The zero-order valence-corrected chi connectivity index (χ0v) is 13.6. The molecule has 2 rings (SSSR count). The largest absolute Gasteiger partial charge is 0.313 e. The van der Waals surface area contributed by atoms with Gasteiger partial charge in [0.15, 0.2) is 0 Å². The first-order valence-electron chi connectivity index (χ1n) is 6.43. The highest BCUT2D eigenvalue weighted by atomic mass is 79.9. The highest BCUT2D eigenvalue weighted by molar-refractivity contribution is 9.10. The molecule has 0 amide bonds. The number of benzene rings is 2. The van der Waals surface area contributed by atoms with Gasteiger partial charge in [0.25, 0.3) is 0 Å². The van der Waals surface area contributed by atoms with Gasteiger partial charge in [-0.3, -0.25) is 0 Å². The fourth-order valence-electron chi connectivity index (χ4n) is 1.79. The van der Waals surface area contributed by atoms with Gasteiger partial charge in [-0.15, -0.1) is 0 Å². The fourth-order valence-corrected chi connectivity index (χ4v) is 3.41. The fraction of sp³-hybridized carbons (Fsp3) is 0.250. The van der Waals surface area contributed by atoms with Crippen LogP contribution in [-0.2, 0) is 6.54 Å². The van der Waals surface area contributed by atoms with Gasteiger partial charge >= 0.3 is 0 Å². The molecule has 0 heterocycles. The van der Waals surface area contributed by atoms with Crippen molar-refractivity contribution >= 4 is 27.7 Å². The van der Waals surface area contributed by atoms with E-state index >= 15 is 0 Å². The molecule has 100 valence electrons. The molecule has 0 aromatic heterocycles. The second-order valence-corrected chi connectivity index (χ2v) is 6.37. The van der Waals surface area contributed by atoms with Gasteiger partial charge in [-0.2, -0.15) is 0 Å². The first-order chi connectivity index (χ1) is 9.20. The standard InChI is InChI=1S/C16H18BrNS/c1-3-18-11-13-8-9-14(10-15(13)17)19-16-7-5-4-6-12(16)2/h4-10,18H,3,11H2,1-2H3. The van der Waals surface area contributed by atoms with E-state index in [0.29, 0.717) is 0 Å². The van der Waals surface area contributed by atoms with E-state index in [9.17, 15) is 0 Å². The van der Waals surface area contributed by atoms with E-state index in [2.05, 4.69) is 77.6 Å². The second kappa shape index (κ2) is 7.13. The summed E-state index contributed by atoms with van der Waals surface area (Å²) in [6, 6.07) is 15.1. The van der Waals surface area contributed by atoms with Crippen LogP contribution in [0.1, 0.15) is 18.1 Å². The van der Waals surface area contributed by atoms with E-state index in [1.165, 1.54) is 25.4 Å². The van der Waals surface area contributed by atoms with Crippen molar-refractivity contribution in [2.75, 3.05) is 6.54 Å². The lowest BCUT2D eigenvalue weighted by Crippen LogP contribution is -2.11. The maximum absolute atomic E-state index is 3.66. The van der Waals surface area contributed by atoms with E-state index in [1.807, 2.05) is 11.8 Å². The highest BCUT2D eigenvalue weighted by Crippen LogP contribution is 2.32. The molecule has 0 aliphatic rings. The minimum absolute atomic E-state index is 0.909. The molecule has 0 fully saturated rings. The third-order valence-corrected chi connectivity index (χ3v) is 4.82. The van der Waals surface area contributed by atoms with Gasteiger partial charge in [0.1, 0.15) is 0 Å². The summed E-state index contributed by atoms with van der Waals surface area (Å²) in [6.45, 7) is 6.17. The lowest BCUT2D eigenvalue weighted by molar-refractivity contribution is 0.724. The first-order valence-corrected chi connectivity index (χ1v) is 8.04. The van der Waals surface area contributed by atoms with Crippen molar-refractivity contribution in [3.63, 3.8) is 0 Å². The molecule has 19 heavy (non-hydrogen) atoms. The van der Waals surface area contributed by atoms with Gasteiger partial charge in [-0.25, -0.2) is 0 Å². The van der Waals surface area contributed by atoms with Crippen molar-refractivity contribution in [3.05, 3.63) is 58.1 Å². The van der Waals surface area contributed by atoms with Crippen LogP contribution < -0.4 is 5.32 Å². The number of hydrogen-bond donors (Lipinski definition) is 1. The summed E-state index contributed by atoms with van der Waals surface area (Å²) in [7, 11) is 0. The summed E-state index contributed by atoms with van der Waals surface area (Å²) in [4.78, 5) is 2.58. The zero-order chi connectivity index (χ0) is 13.7. The molecule has 0 saturated carbocycles. The number of rotatable bonds is 5. The van der Waals surface area contributed by atoms with Crippen LogP contribution in [0.5, 0.6) is 0 Å². The van der Waals surface area contributed by atoms with Gasteiger partial charge in [0, 0.05) is 20.8 Å². The molecule has 1 N–H and O–H groups in total. The lowest BCUT2D eigenvalue weighted by atomic mass is 10.2. The summed E-state index contributed by atoms with van der Waals surface area (Å²) in [5.74, 6) is 0. The SMILES string of the molecule is CCNCc1ccc(Sc2ccccc2C)cc1Br. The third kappa shape index (κ3) is 4.10. The van der Waals surface area contributed by atoms with Crippen LogP contribution in [-0.4, -0.2) is 6.54 Å². The molecule has 2 aromatic carbocycles. The molecule has 0 atom stereocenters. The molecule has 1 nitrogen and oxygen atoms in total. The summed E-state index contributed by atoms with van der Waals surface area (Å²) in [6.07, 6.45) is 0. The Labute approximate surface area is 127 Å². The minimum Gasteiger partial charge on any atom is -0.313 e. The Morgan fingerprint density at radius 3 is 2.63 bits per heavy atom. The Morgan fingerprint density at radius 1 is 1.16 bits per heavy atom. The molecular formula is C16H18BrNS. The van der Waals surface area contributed by atoms with Crippen LogP contribution in [0, 0.1) is 6.92 Å². The minimum atomic E-state index is 0.909. The topological polar surface area (TPSA) is 12.0 Å². The monoisotopic (exact) mass is 335 g/mol. The molecular weight excluding hydrogens is 318 g/mol. The van der Waals surface area contributed by atoms with Crippen LogP contribution in [0.15, 0.2) is 56.7 Å². The predicted octanol–water partition coefficient (Wildman–Crippen LogP) is 5.02. The Balaban J connectivity index is 2.14. The van der Waals surface area contributed by atoms with Crippen molar-refractivity contribution in [2.24, 2.45) is 0 Å². The zero-order valence-electron chi connectivity index (χ0n) is 11.2. The van der Waals surface area contributed by atoms with Crippen LogP contribution in [0.2, 0.25) is 0 Å². The van der Waals surface area contributed by atoms with Gasteiger partial charge in [-0.1, -0.05) is 58.9 Å². The van der Waals surface area contributed by atoms with E-state index in [1.54, 1.807) is 0 Å². The summed E-state index contributed by atoms with van der Waals surface area (Å²) < 4.78 is 1.17. The van der Waals surface area contributed by atoms with E-state index in [4.69, 9.17) is 0 Å². The number of aryl methyl sites for hydroxylation is 1. The number of halogens is 1. The molecule has 0 aliphatic heterocycles. The van der Waals surface area contributed by atoms with Gasteiger partial charge in [0.2, 0.25) is 0 Å². The van der Waals surface area contributed by atoms with Gasteiger partial charge in [-0.05, 0) is 42.8 Å². The van der Waals surface area contributed by atoms with E-state index in [0.717, 1.165) is 13.1 Å². The molecule has 0 radical (unpaired) electrons. The lowest BCUT2D eigenvalue weighted by Gasteiger charge is -2.09. The highest BCUT2D eigenvalue weighted by Gasteiger charge is 2.04. The van der Waals surface area contributed by atoms with Crippen LogP contribution in [0.3, 0.4) is 0 Å². The number of nitrogens with one attached hydrogen (secondary N) is 1. The van der Waals surface area contributed by atoms with Crippen LogP contribution in [0.4, 0.5) is 0 Å². The molecule has 0 aliphatic carbocycles. The molecule has 0 bridgehead atoms. The Morgan fingerprint density at radius 2 is 1.95 bits per heavy atom. The van der Waals surface area contributed by atoms with Crippen molar-refractivity contribution < 1.29 is 0 Å². The summed E-state index contributed by atoms with van der Waals surface area (Å²) >= 11 is 5.47. The second-order valence-electron chi connectivity index (χ2n) is 4.40. The quantitative estimate of drug-likeness (QED) is 0.823. The van der Waals surface area contributed by atoms with Crippen molar-refractivity contribution in [2.45, 2.75) is 30.2 Å². The Hall–Kier alpha value is -0.770. The van der Waals surface area contributed by atoms with Crippen molar-refractivity contribution in [3.8, 4) is 0 Å². The summed E-state index contributed by atoms with van der Waals surface area (Å²) in [5.41, 5.74) is 2.62. The van der Waals surface area contributed by atoms with E-state index < -0.39 is 0 Å². The van der Waals surface area contributed by atoms with Crippen LogP contribution in [0.25, 0.3) is 0 Å². The first kappa shape index (κ1) is 14.6. The average molecular weight is 336 g/mol. The predicted molar refractivity (Wildman–Crippen MR) is 86.8 cm³/mol. The van der Waals surface area contributed by atoms with Gasteiger partial charge < -0.3 is 5.32 Å². The van der Waals surface area contributed by atoms with Gasteiger partial charge in [0.05, 0.1) is 0 Å². The molecule has 3 heteroatoms. The molecule has 0 unspecified atom stereocenters. The third-order valence-electron chi connectivity index (χ3n) is 2.91. The Kier molecular flexibility index (Phi) is 5.49. The maximum atomic E-state index is 3.66. The normalized spacial score (nSPS) is 10.7. The van der Waals surface area contributed by atoms with E-state index in [-0.39, 0.29) is 0 Å². The smallest absolute Gasteiger partial charge is 0.0231 e. The summed E-state index contributed by atoms with van der Waals surface area (Å²) in [5, 5.41) is 3.35. The molecule has 0 spiro atoms. The average Bonchev–Trinajstić information content (AvgIpc) is 2.40.